The summed E-state index contributed by atoms with van der Waals surface area (Å²) in [5.74, 6) is 2.44. The topological polar surface area (TPSA) is 33.5 Å². The molecular weight excluding hydrogens is 889 g/mol. The number of benzene rings is 7. The molecule has 1 aliphatic rings. The lowest BCUT2D eigenvalue weighted by molar-refractivity contribution is 0.479. The van der Waals surface area contributed by atoms with E-state index in [0.717, 1.165) is 45.1 Å². The highest BCUT2D eigenvalue weighted by molar-refractivity contribution is 6.10. The molecule has 1 aliphatic heterocycles. The van der Waals surface area contributed by atoms with Crippen molar-refractivity contribution in [1.29, 1.82) is 0 Å². The lowest BCUT2D eigenvalue weighted by Crippen LogP contribution is -2.28. The molecule has 73 heavy (non-hydrogen) atoms. The molecule has 0 spiro atoms. The summed E-state index contributed by atoms with van der Waals surface area (Å²) in [6, 6.07) is 64.4. The van der Waals surface area contributed by atoms with Gasteiger partial charge in [0, 0.05) is 57.5 Å². The van der Waals surface area contributed by atoms with Gasteiger partial charge in [-0.05, 0) is 121 Å². The van der Waals surface area contributed by atoms with Gasteiger partial charge >= 0.3 is 0 Å². The van der Waals surface area contributed by atoms with Crippen LogP contribution in [-0.2, 0) is 27.1 Å². The van der Waals surface area contributed by atoms with Gasteiger partial charge in [0.15, 0.2) is 0 Å². The Morgan fingerprint density at radius 2 is 0.986 bits per heavy atom. The van der Waals surface area contributed by atoms with Crippen molar-refractivity contribution in [2.24, 2.45) is 0 Å². The van der Waals surface area contributed by atoms with Gasteiger partial charge in [-0.25, -0.2) is 4.98 Å². The summed E-state index contributed by atoms with van der Waals surface area (Å²) >= 11 is 0. The van der Waals surface area contributed by atoms with E-state index in [2.05, 4.69) is 287 Å². The number of hydrogen-bond acceptors (Lipinski definition) is 4. The van der Waals surface area contributed by atoms with E-state index in [9.17, 15) is 0 Å². The van der Waals surface area contributed by atoms with Crippen LogP contribution >= 0.6 is 0 Å². The third-order valence-corrected chi connectivity index (χ3v) is 15.4. The van der Waals surface area contributed by atoms with Gasteiger partial charge < -0.3 is 14.5 Å². The van der Waals surface area contributed by atoms with Crippen molar-refractivity contribution < 1.29 is 4.74 Å². The van der Waals surface area contributed by atoms with Gasteiger partial charge in [-0.15, -0.1) is 0 Å². The van der Waals surface area contributed by atoms with Crippen LogP contribution in [0.25, 0.3) is 33.3 Å². The van der Waals surface area contributed by atoms with Crippen LogP contribution < -0.4 is 14.5 Å². The smallest absolute Gasteiger partial charge is 0.137 e. The molecule has 0 bridgehead atoms. The first-order valence-electron chi connectivity index (χ1n) is 26.0. The fourth-order valence-electron chi connectivity index (χ4n) is 10.4. The number of hydrogen-bond donors (Lipinski definition) is 0. The standard InChI is InChI=1S/C68H72N4O/c1-64(2,3)49-33-34-69-63(41-49)72-60-32-29-50(67(10,11)47-25-19-15-20-26-47)40-59(60)58-31-30-56(43-61(58)72)73-57-39-52(66(7,8)9)36-54(42-57)70-44-62(46-23-17-14-18-24-46)71(45-70)55-37-51(65(4,5)6)35-53(38-55)68(12,13)48-27-21-16-22-28-48/h14-44H,45H2,1-13H3. The molecule has 0 fully saturated rings. The Labute approximate surface area is 434 Å². The number of anilines is 2. The second-order valence-electron chi connectivity index (χ2n) is 24.4. The Morgan fingerprint density at radius 3 is 1.62 bits per heavy atom. The molecule has 0 amide bonds. The van der Waals surface area contributed by atoms with E-state index in [4.69, 9.17) is 9.72 Å². The molecule has 370 valence electrons. The van der Waals surface area contributed by atoms with Crippen LogP contribution in [0.2, 0.25) is 0 Å². The van der Waals surface area contributed by atoms with Crippen molar-refractivity contribution in [1.82, 2.24) is 9.55 Å². The summed E-state index contributed by atoms with van der Waals surface area (Å²) in [6.07, 6.45) is 4.27. The maximum atomic E-state index is 7.10. The van der Waals surface area contributed by atoms with E-state index in [1.54, 1.807) is 0 Å². The first kappa shape index (κ1) is 49.2. The van der Waals surface area contributed by atoms with Crippen LogP contribution in [0.15, 0.2) is 188 Å². The maximum absolute atomic E-state index is 7.10. The number of pyridine rings is 1. The molecule has 0 atom stereocenters. The third kappa shape index (κ3) is 9.59. The summed E-state index contributed by atoms with van der Waals surface area (Å²) < 4.78 is 9.42. The Balaban J connectivity index is 1.08. The van der Waals surface area contributed by atoms with E-state index in [1.165, 1.54) is 55.6 Å². The van der Waals surface area contributed by atoms with Crippen LogP contribution in [-0.4, -0.2) is 16.2 Å². The van der Waals surface area contributed by atoms with Gasteiger partial charge in [0.1, 0.15) is 17.3 Å². The van der Waals surface area contributed by atoms with Crippen LogP contribution in [0, 0.1) is 0 Å². The highest BCUT2D eigenvalue weighted by Crippen LogP contribution is 2.44. The van der Waals surface area contributed by atoms with Gasteiger partial charge in [0.25, 0.3) is 0 Å². The minimum absolute atomic E-state index is 0.0461. The summed E-state index contributed by atoms with van der Waals surface area (Å²) in [5.41, 5.74) is 14.9. The molecule has 0 radical (unpaired) electrons. The largest absolute Gasteiger partial charge is 0.457 e. The monoisotopic (exact) mass is 961 g/mol. The zero-order valence-corrected chi connectivity index (χ0v) is 45.3. The molecule has 3 heterocycles. The first-order valence-corrected chi connectivity index (χ1v) is 26.0. The summed E-state index contributed by atoms with van der Waals surface area (Å²) in [5, 5.41) is 2.34. The SMILES string of the molecule is CC(C)(C)c1cc(Oc2ccc3c4cc(C(C)(C)c5ccccc5)ccc4n(-c4cc(C(C)(C)C)ccn4)c3c2)cc(N2C=C(c3ccccc3)N(c3cc(C(C)(C)C)cc(C(C)(C)c4ccccc4)c3)C2)c1. The fourth-order valence-corrected chi connectivity index (χ4v) is 10.4. The molecule has 2 aromatic heterocycles. The molecule has 0 N–H and O–H groups in total. The molecule has 5 heteroatoms. The molecule has 7 aromatic carbocycles. The van der Waals surface area contributed by atoms with Crippen LogP contribution in [0.1, 0.15) is 135 Å². The summed E-state index contributed by atoms with van der Waals surface area (Å²) in [7, 11) is 0. The molecule has 0 aliphatic carbocycles. The number of fused-ring (bicyclic) bond motifs is 3. The summed E-state index contributed by atoms with van der Waals surface area (Å²) in [6.45, 7) is 30.5. The van der Waals surface area contributed by atoms with Gasteiger partial charge in [-0.1, -0.05) is 193 Å². The average molecular weight is 961 g/mol. The zero-order chi connectivity index (χ0) is 51.7. The van der Waals surface area contributed by atoms with Crippen LogP contribution in [0.3, 0.4) is 0 Å². The molecule has 0 unspecified atom stereocenters. The van der Waals surface area contributed by atoms with Gasteiger partial charge in [-0.3, -0.25) is 4.57 Å². The Morgan fingerprint density at radius 1 is 0.411 bits per heavy atom. The minimum Gasteiger partial charge on any atom is -0.457 e. The number of aromatic nitrogens is 2. The van der Waals surface area contributed by atoms with Gasteiger partial charge in [0.05, 0.1) is 23.4 Å². The van der Waals surface area contributed by atoms with Crippen molar-refractivity contribution in [3.05, 3.63) is 233 Å². The van der Waals surface area contributed by atoms with E-state index < -0.39 is 0 Å². The highest BCUT2D eigenvalue weighted by Gasteiger charge is 2.32. The highest BCUT2D eigenvalue weighted by atomic mass is 16.5. The third-order valence-electron chi connectivity index (χ3n) is 15.4. The van der Waals surface area contributed by atoms with E-state index >= 15 is 0 Å². The fraction of sp³-hybridized carbons (Fsp3) is 0.279. The molecule has 10 rings (SSSR count). The van der Waals surface area contributed by atoms with Crippen LogP contribution in [0.5, 0.6) is 11.5 Å². The number of nitrogens with zero attached hydrogens (tertiary/aromatic N) is 4. The zero-order valence-electron chi connectivity index (χ0n) is 45.3. The lowest BCUT2D eigenvalue weighted by Gasteiger charge is -2.32. The van der Waals surface area contributed by atoms with Crippen molar-refractivity contribution in [2.75, 3.05) is 16.5 Å². The minimum atomic E-state index is -0.215. The molecule has 5 nitrogen and oxygen atoms in total. The second kappa shape index (κ2) is 18.3. The lowest BCUT2D eigenvalue weighted by atomic mass is 9.75. The molecule has 0 saturated heterocycles. The Hall–Kier alpha value is -7.37. The molecule has 9 aromatic rings. The Kier molecular flexibility index (Phi) is 12.3. The predicted molar refractivity (Wildman–Crippen MR) is 309 cm³/mol. The van der Waals surface area contributed by atoms with Gasteiger partial charge in [0.2, 0.25) is 0 Å². The van der Waals surface area contributed by atoms with Crippen molar-refractivity contribution in [3.63, 3.8) is 0 Å². The van der Waals surface area contributed by atoms with Crippen molar-refractivity contribution in [3.8, 4) is 17.3 Å². The predicted octanol–water partition coefficient (Wildman–Crippen LogP) is 17.8. The van der Waals surface area contributed by atoms with Crippen molar-refractivity contribution >= 4 is 38.9 Å². The number of ether oxygens (including phenoxy) is 1. The normalized spacial score (nSPS) is 13.8. The average Bonchev–Trinajstić information content (AvgIpc) is 3.96. The molecular formula is C68H72N4O. The quantitative estimate of drug-likeness (QED) is 0.137. The van der Waals surface area contributed by atoms with Crippen LogP contribution in [0.4, 0.5) is 11.4 Å². The Bertz CT molecular complexity index is 3510. The maximum Gasteiger partial charge on any atom is 0.137 e. The van der Waals surface area contributed by atoms with E-state index in [0.29, 0.717) is 6.67 Å². The van der Waals surface area contributed by atoms with Gasteiger partial charge in [-0.2, -0.15) is 0 Å². The van der Waals surface area contributed by atoms with E-state index in [1.807, 2.05) is 6.20 Å². The second-order valence-corrected chi connectivity index (χ2v) is 24.4. The van der Waals surface area contributed by atoms with Crippen molar-refractivity contribution in [2.45, 2.75) is 117 Å². The number of rotatable bonds is 10. The first-order chi connectivity index (χ1) is 34.6. The molecule has 0 saturated carbocycles. The van der Waals surface area contributed by atoms with E-state index in [-0.39, 0.29) is 27.1 Å². The summed E-state index contributed by atoms with van der Waals surface area (Å²) in [4.78, 5) is 9.91.